The average Bonchev–Trinajstić information content (AvgIpc) is 3.50. The molecule has 1 aliphatic rings. The van der Waals surface area contributed by atoms with Gasteiger partial charge in [0.25, 0.3) is 0 Å². The highest BCUT2D eigenvalue weighted by molar-refractivity contribution is 7.80. The van der Waals surface area contributed by atoms with Crippen LogP contribution in [-0.4, -0.2) is 27.4 Å². The summed E-state index contributed by atoms with van der Waals surface area (Å²) in [4.78, 5) is 19.4. The van der Waals surface area contributed by atoms with Crippen LogP contribution < -0.4 is 10.6 Å². The van der Waals surface area contributed by atoms with Gasteiger partial charge >= 0.3 is 0 Å². The molecule has 36 heavy (non-hydrogen) atoms. The lowest BCUT2D eigenvalue weighted by Crippen LogP contribution is -2.32. The summed E-state index contributed by atoms with van der Waals surface area (Å²) >= 11 is 11.8. The number of halogens is 1. The highest BCUT2D eigenvalue weighted by Crippen LogP contribution is 2.40. The van der Waals surface area contributed by atoms with Gasteiger partial charge in [0.2, 0.25) is 5.91 Å². The molecule has 1 saturated heterocycles. The van der Waals surface area contributed by atoms with Gasteiger partial charge in [0.15, 0.2) is 5.11 Å². The summed E-state index contributed by atoms with van der Waals surface area (Å²) in [5, 5.41) is 7.62. The Hall–Kier alpha value is -3.68. The fraction of sp³-hybridized carbons (Fsp3) is 0.179. The van der Waals surface area contributed by atoms with Crippen molar-refractivity contribution in [3.8, 4) is 11.3 Å². The smallest absolute Gasteiger partial charge is 0.226 e. The fourth-order valence-electron chi connectivity index (χ4n) is 4.38. The topological polar surface area (TPSA) is 70.4 Å². The van der Waals surface area contributed by atoms with Crippen molar-refractivity contribution in [1.29, 1.82) is 0 Å². The van der Waals surface area contributed by atoms with Crippen LogP contribution in [0.15, 0.2) is 89.5 Å². The number of aromatic nitrogens is 1. The molecule has 0 aliphatic carbocycles. The lowest BCUT2D eigenvalue weighted by atomic mass is 10.0. The number of para-hydroxylation sites is 1. The third-order valence-electron chi connectivity index (χ3n) is 6.24. The van der Waals surface area contributed by atoms with Crippen molar-refractivity contribution in [3.05, 3.63) is 107 Å². The molecule has 1 fully saturated rings. The first-order valence-electron chi connectivity index (χ1n) is 11.7. The molecule has 1 amide bonds. The lowest BCUT2D eigenvalue weighted by molar-refractivity contribution is -0.116. The third-order valence-corrected chi connectivity index (χ3v) is 6.85. The first-order chi connectivity index (χ1) is 17.5. The minimum absolute atomic E-state index is 0.0755. The second-order valence-corrected chi connectivity index (χ2v) is 9.47. The Morgan fingerprint density at radius 3 is 2.61 bits per heavy atom. The highest BCUT2D eigenvalue weighted by Gasteiger charge is 2.41. The molecule has 3 heterocycles. The largest absolute Gasteiger partial charge is 0.459 e. The number of thiocarbonyl (C=S) groups is 1. The monoisotopic (exact) mass is 516 g/mol. The number of carbonyl (C=O) groups is 1. The van der Waals surface area contributed by atoms with Crippen molar-refractivity contribution in [2.75, 3.05) is 11.9 Å². The molecule has 5 rings (SSSR count). The predicted molar refractivity (Wildman–Crippen MR) is 146 cm³/mol. The highest BCUT2D eigenvalue weighted by atomic mass is 35.5. The van der Waals surface area contributed by atoms with E-state index in [4.69, 9.17) is 28.2 Å². The Morgan fingerprint density at radius 1 is 1.08 bits per heavy atom. The van der Waals surface area contributed by atoms with Crippen molar-refractivity contribution in [1.82, 2.24) is 15.2 Å². The molecule has 0 spiro atoms. The minimum Gasteiger partial charge on any atom is -0.459 e. The van der Waals surface area contributed by atoms with Crippen LogP contribution in [0.1, 0.15) is 35.5 Å². The summed E-state index contributed by atoms with van der Waals surface area (Å²) in [6.07, 6.45) is 2.03. The molecule has 2 N–H and O–H groups in total. The van der Waals surface area contributed by atoms with Crippen LogP contribution in [0.5, 0.6) is 0 Å². The molecule has 0 radical (unpaired) electrons. The quantitative estimate of drug-likeness (QED) is 0.281. The summed E-state index contributed by atoms with van der Waals surface area (Å²) in [5.74, 6) is 1.40. The standard InChI is InChI=1S/C28H25ClN4O2S/c1-18-6-2-3-7-21(18)31-25(34)15-17-33-27(26(32-28(33)36)22-8-4-5-16-30-22)24-14-13-23(35-24)19-9-11-20(29)12-10-19/h2-14,16,26-27H,15,17H2,1H3,(H,31,34)(H,32,36). The fourth-order valence-corrected chi connectivity index (χ4v) is 4.84. The number of carbonyl (C=O) groups excluding carboxylic acids is 1. The molecule has 182 valence electrons. The minimum atomic E-state index is -0.264. The van der Waals surface area contributed by atoms with Crippen LogP contribution in [-0.2, 0) is 4.79 Å². The number of hydrogen-bond acceptors (Lipinski definition) is 4. The first-order valence-corrected chi connectivity index (χ1v) is 12.5. The summed E-state index contributed by atoms with van der Waals surface area (Å²) in [5.41, 5.74) is 3.60. The summed E-state index contributed by atoms with van der Waals surface area (Å²) in [6.45, 7) is 2.40. The van der Waals surface area contributed by atoms with Gasteiger partial charge in [-0.3, -0.25) is 9.78 Å². The van der Waals surface area contributed by atoms with E-state index >= 15 is 0 Å². The molecule has 4 aromatic rings. The maximum absolute atomic E-state index is 12.8. The molecule has 0 bridgehead atoms. The number of rotatable bonds is 7. The van der Waals surface area contributed by atoms with Gasteiger partial charge in [-0.1, -0.05) is 35.9 Å². The van der Waals surface area contributed by atoms with Crippen molar-refractivity contribution < 1.29 is 9.21 Å². The molecule has 0 saturated carbocycles. The van der Waals surface area contributed by atoms with Gasteiger partial charge in [0.05, 0.1) is 11.7 Å². The number of amides is 1. The Morgan fingerprint density at radius 2 is 1.86 bits per heavy atom. The Balaban J connectivity index is 1.40. The lowest BCUT2D eigenvalue weighted by Gasteiger charge is -2.26. The van der Waals surface area contributed by atoms with Gasteiger partial charge in [-0.2, -0.15) is 0 Å². The van der Waals surface area contributed by atoms with Gasteiger partial charge in [0.1, 0.15) is 17.6 Å². The number of anilines is 1. The van der Waals surface area contributed by atoms with E-state index in [0.717, 1.165) is 34.0 Å². The predicted octanol–water partition coefficient (Wildman–Crippen LogP) is 6.30. The average molecular weight is 517 g/mol. The van der Waals surface area contributed by atoms with E-state index in [0.29, 0.717) is 16.7 Å². The molecule has 1 aliphatic heterocycles. The zero-order valence-corrected chi connectivity index (χ0v) is 21.2. The zero-order chi connectivity index (χ0) is 25.1. The molecule has 2 unspecified atom stereocenters. The van der Waals surface area contributed by atoms with Crippen molar-refractivity contribution in [2.24, 2.45) is 0 Å². The molecule has 8 heteroatoms. The van der Waals surface area contributed by atoms with Gasteiger partial charge in [0, 0.05) is 35.4 Å². The summed E-state index contributed by atoms with van der Waals surface area (Å²) in [7, 11) is 0. The van der Waals surface area contributed by atoms with Crippen LogP contribution in [0.3, 0.4) is 0 Å². The van der Waals surface area contributed by atoms with Gasteiger partial charge in [-0.25, -0.2) is 0 Å². The second kappa shape index (κ2) is 10.5. The van der Waals surface area contributed by atoms with E-state index in [1.807, 2.05) is 90.7 Å². The molecular formula is C28H25ClN4O2S. The van der Waals surface area contributed by atoms with Gasteiger partial charge < -0.3 is 20.0 Å². The van der Waals surface area contributed by atoms with Crippen LogP contribution in [0.25, 0.3) is 11.3 Å². The maximum atomic E-state index is 12.8. The van der Waals surface area contributed by atoms with E-state index in [9.17, 15) is 4.79 Å². The second-order valence-electron chi connectivity index (χ2n) is 8.64. The van der Waals surface area contributed by atoms with E-state index in [2.05, 4.69) is 15.6 Å². The third kappa shape index (κ3) is 5.12. The van der Waals surface area contributed by atoms with Crippen molar-refractivity contribution >= 4 is 40.5 Å². The SMILES string of the molecule is Cc1ccccc1NC(=O)CCN1C(=S)NC(c2ccccn2)C1c1ccc(-c2ccc(Cl)cc2)o1. The first kappa shape index (κ1) is 24.0. The molecule has 2 atom stereocenters. The van der Waals surface area contributed by atoms with E-state index in [1.54, 1.807) is 6.20 Å². The number of hydrogen-bond donors (Lipinski definition) is 2. The number of furan rings is 1. The normalized spacial score (nSPS) is 17.2. The van der Waals surface area contributed by atoms with Crippen LogP contribution in [0.4, 0.5) is 5.69 Å². The molecular weight excluding hydrogens is 492 g/mol. The molecule has 6 nitrogen and oxygen atoms in total. The van der Waals surface area contributed by atoms with Crippen LogP contribution >= 0.6 is 23.8 Å². The van der Waals surface area contributed by atoms with Gasteiger partial charge in [-0.05, 0) is 79.3 Å². The maximum Gasteiger partial charge on any atom is 0.226 e. The van der Waals surface area contributed by atoms with E-state index in [1.165, 1.54) is 0 Å². The van der Waals surface area contributed by atoms with E-state index < -0.39 is 0 Å². The van der Waals surface area contributed by atoms with Crippen molar-refractivity contribution in [2.45, 2.75) is 25.4 Å². The Bertz CT molecular complexity index is 1370. The zero-order valence-electron chi connectivity index (χ0n) is 19.6. The number of benzene rings is 2. The molecule has 2 aromatic carbocycles. The molecule has 2 aromatic heterocycles. The Kier molecular flexibility index (Phi) is 7.02. The number of pyridine rings is 1. The Labute approximate surface area is 220 Å². The summed E-state index contributed by atoms with van der Waals surface area (Å²) in [6, 6.07) is 24.4. The van der Waals surface area contributed by atoms with Gasteiger partial charge in [-0.15, -0.1) is 0 Å². The number of nitrogens with zero attached hydrogens (tertiary/aromatic N) is 2. The summed E-state index contributed by atoms with van der Waals surface area (Å²) < 4.78 is 6.33. The van der Waals surface area contributed by atoms with Crippen LogP contribution in [0, 0.1) is 6.92 Å². The number of aryl methyl sites for hydroxylation is 1. The van der Waals surface area contributed by atoms with E-state index in [-0.39, 0.29) is 24.4 Å². The number of nitrogens with one attached hydrogen (secondary N) is 2. The van der Waals surface area contributed by atoms with Crippen molar-refractivity contribution in [3.63, 3.8) is 0 Å². The van der Waals surface area contributed by atoms with Crippen LogP contribution in [0.2, 0.25) is 5.02 Å².